The molecule has 8 nitrogen and oxygen atoms in total. The van der Waals surface area contributed by atoms with Crippen molar-refractivity contribution in [1.29, 1.82) is 0 Å². The van der Waals surface area contributed by atoms with Crippen LogP contribution >= 0.6 is 0 Å². The number of hydrogen-bond donors (Lipinski definition) is 1. The number of amides is 1. The average Bonchev–Trinajstić information content (AvgIpc) is 3.34. The van der Waals surface area contributed by atoms with Crippen molar-refractivity contribution in [3.8, 4) is 11.1 Å². The molecule has 4 aromatic rings. The van der Waals surface area contributed by atoms with Gasteiger partial charge >= 0.3 is 0 Å². The summed E-state index contributed by atoms with van der Waals surface area (Å²) < 4.78 is 1.69. The fourth-order valence-corrected chi connectivity index (χ4v) is 3.17. The lowest BCUT2D eigenvalue weighted by Crippen LogP contribution is -2.19. The number of rotatable bonds is 6. The highest BCUT2D eigenvalue weighted by Gasteiger charge is 2.11. The number of aromatic nitrogens is 5. The zero-order valence-corrected chi connectivity index (χ0v) is 16.7. The van der Waals surface area contributed by atoms with E-state index in [0.717, 1.165) is 27.7 Å². The number of anilines is 2. The first-order valence-corrected chi connectivity index (χ1v) is 9.47. The first-order chi connectivity index (χ1) is 14.0. The van der Waals surface area contributed by atoms with E-state index in [0.29, 0.717) is 12.4 Å². The molecule has 0 saturated heterocycles. The monoisotopic (exact) mass is 389 g/mol. The molecule has 2 aromatic carbocycles. The maximum absolute atomic E-state index is 12.3. The van der Waals surface area contributed by atoms with Gasteiger partial charge in [0.15, 0.2) is 5.82 Å². The summed E-state index contributed by atoms with van der Waals surface area (Å²) >= 11 is 0. The van der Waals surface area contributed by atoms with Gasteiger partial charge in [0.25, 0.3) is 0 Å². The van der Waals surface area contributed by atoms with Crippen molar-refractivity contribution >= 4 is 28.3 Å². The molecule has 0 aliphatic rings. The normalized spacial score (nSPS) is 11.0. The fraction of sp³-hybridized carbons (Fsp3) is 0.238. The van der Waals surface area contributed by atoms with Crippen molar-refractivity contribution in [3.05, 3.63) is 54.9 Å². The van der Waals surface area contributed by atoms with Gasteiger partial charge in [0, 0.05) is 25.2 Å². The second-order valence-corrected chi connectivity index (χ2v) is 6.98. The molecule has 2 heterocycles. The third kappa shape index (κ3) is 3.96. The highest BCUT2D eigenvalue weighted by atomic mass is 16.2. The lowest BCUT2D eigenvalue weighted by Gasteiger charge is -2.12. The van der Waals surface area contributed by atoms with E-state index in [1.54, 1.807) is 10.9 Å². The number of benzene rings is 2. The van der Waals surface area contributed by atoms with Gasteiger partial charge in [0.05, 0.1) is 24.5 Å². The topological polar surface area (TPSA) is 80.9 Å². The van der Waals surface area contributed by atoms with Crippen LogP contribution in [-0.4, -0.2) is 44.8 Å². The van der Waals surface area contributed by atoms with E-state index in [2.05, 4.69) is 61.9 Å². The van der Waals surface area contributed by atoms with Crippen molar-refractivity contribution < 1.29 is 4.79 Å². The van der Waals surface area contributed by atoms with Crippen molar-refractivity contribution in [2.24, 2.45) is 0 Å². The highest BCUT2D eigenvalue weighted by Crippen LogP contribution is 2.26. The molecule has 0 bridgehead atoms. The Hall–Kier alpha value is -3.68. The molecule has 1 N–H and O–H groups in total. The van der Waals surface area contributed by atoms with Crippen LogP contribution in [0.2, 0.25) is 0 Å². The van der Waals surface area contributed by atoms with Crippen LogP contribution in [0.4, 0.5) is 11.5 Å². The summed E-state index contributed by atoms with van der Waals surface area (Å²) in [5.41, 5.74) is 4.32. The predicted octanol–water partition coefficient (Wildman–Crippen LogP) is 3.02. The summed E-state index contributed by atoms with van der Waals surface area (Å²) in [4.78, 5) is 15.9. The van der Waals surface area contributed by atoms with E-state index in [1.165, 1.54) is 11.0 Å². The second-order valence-electron chi connectivity index (χ2n) is 6.98. The molecule has 8 heteroatoms. The Morgan fingerprint density at radius 1 is 1.03 bits per heavy atom. The first kappa shape index (κ1) is 18.7. The zero-order valence-electron chi connectivity index (χ0n) is 16.7. The molecule has 148 valence electrons. The lowest BCUT2D eigenvalue weighted by atomic mass is 10.0. The number of carbonyl (C=O) groups excluding carboxylic acids is 1. The molecule has 0 spiro atoms. The molecule has 0 saturated carbocycles. The van der Waals surface area contributed by atoms with Gasteiger partial charge in [-0.2, -0.15) is 15.0 Å². The molecule has 0 aliphatic carbocycles. The number of fused-ring (bicyclic) bond motifs is 1. The number of nitrogens with zero attached hydrogens (tertiary/aromatic N) is 6. The quantitative estimate of drug-likeness (QED) is 0.548. The van der Waals surface area contributed by atoms with Gasteiger partial charge in [-0.05, 0) is 42.3 Å². The van der Waals surface area contributed by atoms with E-state index < -0.39 is 0 Å². The van der Waals surface area contributed by atoms with Crippen LogP contribution in [0.5, 0.6) is 0 Å². The van der Waals surface area contributed by atoms with E-state index in [1.807, 2.05) is 27.1 Å². The SMILES string of the molecule is CCn1ncc(NC(=O)Cn2ncc3cc(-c4ccc(N(C)C)cc4)ccc32)n1. The Bertz CT molecular complexity index is 1140. The van der Waals surface area contributed by atoms with Crippen LogP contribution in [0.1, 0.15) is 6.92 Å². The summed E-state index contributed by atoms with van der Waals surface area (Å²) in [5, 5.41) is 16.3. The molecule has 2 aromatic heterocycles. The maximum atomic E-state index is 12.3. The smallest absolute Gasteiger partial charge is 0.247 e. The number of hydrogen-bond acceptors (Lipinski definition) is 5. The Morgan fingerprint density at radius 3 is 2.48 bits per heavy atom. The van der Waals surface area contributed by atoms with Crippen LogP contribution in [0, 0.1) is 0 Å². The number of nitrogens with one attached hydrogen (secondary N) is 1. The van der Waals surface area contributed by atoms with E-state index in [-0.39, 0.29) is 12.5 Å². The van der Waals surface area contributed by atoms with Crippen LogP contribution in [-0.2, 0) is 17.9 Å². The van der Waals surface area contributed by atoms with Gasteiger partial charge in [-0.25, -0.2) is 0 Å². The highest BCUT2D eigenvalue weighted by molar-refractivity contribution is 5.91. The Kier molecular flexibility index (Phi) is 4.99. The zero-order chi connectivity index (χ0) is 20.4. The molecular weight excluding hydrogens is 366 g/mol. The third-order valence-corrected chi connectivity index (χ3v) is 4.74. The van der Waals surface area contributed by atoms with E-state index in [9.17, 15) is 4.79 Å². The lowest BCUT2D eigenvalue weighted by molar-refractivity contribution is -0.116. The third-order valence-electron chi connectivity index (χ3n) is 4.74. The van der Waals surface area contributed by atoms with E-state index in [4.69, 9.17) is 0 Å². The van der Waals surface area contributed by atoms with Gasteiger partial charge in [-0.1, -0.05) is 18.2 Å². The summed E-state index contributed by atoms with van der Waals surface area (Å²) in [5.74, 6) is 0.248. The minimum absolute atomic E-state index is 0.110. The second kappa shape index (κ2) is 7.75. The van der Waals surface area contributed by atoms with Crippen molar-refractivity contribution in [2.75, 3.05) is 24.3 Å². The average molecular weight is 389 g/mol. The minimum atomic E-state index is -0.193. The Morgan fingerprint density at radius 2 is 1.79 bits per heavy atom. The van der Waals surface area contributed by atoms with Crippen LogP contribution in [0.15, 0.2) is 54.9 Å². The molecular formula is C21H23N7O. The van der Waals surface area contributed by atoms with Gasteiger partial charge in [0.2, 0.25) is 5.91 Å². The largest absolute Gasteiger partial charge is 0.378 e. The molecule has 4 rings (SSSR count). The number of aryl methyl sites for hydroxylation is 1. The van der Waals surface area contributed by atoms with Crippen molar-refractivity contribution in [1.82, 2.24) is 24.8 Å². The molecule has 0 fully saturated rings. The fourth-order valence-electron chi connectivity index (χ4n) is 3.17. The molecule has 1 amide bonds. The predicted molar refractivity (Wildman–Crippen MR) is 114 cm³/mol. The standard InChI is InChI=1S/C21H23N7O/c1-4-28-23-13-20(25-28)24-21(29)14-27-19-10-7-16(11-17(19)12-22-27)15-5-8-18(9-6-15)26(2)3/h5-13H,4,14H2,1-3H3,(H,24,25,29). The Balaban J connectivity index is 1.51. The summed E-state index contributed by atoms with van der Waals surface area (Å²) in [6.07, 6.45) is 3.32. The van der Waals surface area contributed by atoms with Gasteiger partial charge in [0.1, 0.15) is 6.54 Å². The Labute approximate surface area is 168 Å². The van der Waals surface area contributed by atoms with Gasteiger partial charge in [-0.15, -0.1) is 5.10 Å². The minimum Gasteiger partial charge on any atom is -0.378 e. The van der Waals surface area contributed by atoms with Crippen molar-refractivity contribution in [2.45, 2.75) is 20.0 Å². The first-order valence-electron chi connectivity index (χ1n) is 9.47. The van der Waals surface area contributed by atoms with Gasteiger partial charge < -0.3 is 10.2 Å². The van der Waals surface area contributed by atoms with E-state index >= 15 is 0 Å². The summed E-state index contributed by atoms with van der Waals surface area (Å²) in [6, 6.07) is 14.6. The van der Waals surface area contributed by atoms with Gasteiger partial charge in [-0.3, -0.25) is 9.48 Å². The molecule has 0 radical (unpaired) electrons. The number of carbonyl (C=O) groups is 1. The van der Waals surface area contributed by atoms with Crippen molar-refractivity contribution in [3.63, 3.8) is 0 Å². The molecule has 0 atom stereocenters. The van der Waals surface area contributed by atoms with Crippen LogP contribution in [0.3, 0.4) is 0 Å². The van der Waals surface area contributed by atoms with Crippen LogP contribution in [0.25, 0.3) is 22.0 Å². The maximum Gasteiger partial charge on any atom is 0.247 e. The summed E-state index contributed by atoms with van der Waals surface area (Å²) in [7, 11) is 4.05. The molecule has 0 unspecified atom stereocenters. The van der Waals surface area contributed by atoms with Crippen LogP contribution < -0.4 is 10.2 Å². The summed E-state index contributed by atoms with van der Waals surface area (Å²) in [6.45, 7) is 2.70. The molecule has 0 aliphatic heterocycles. The molecule has 29 heavy (non-hydrogen) atoms.